The molecule has 4 rings (SSSR count). The summed E-state index contributed by atoms with van der Waals surface area (Å²) >= 11 is 4.46. The van der Waals surface area contributed by atoms with E-state index in [2.05, 4.69) is 15.9 Å². The summed E-state index contributed by atoms with van der Waals surface area (Å²) in [6.07, 6.45) is 3.71. The van der Waals surface area contributed by atoms with Gasteiger partial charge in [0.15, 0.2) is 0 Å². The van der Waals surface area contributed by atoms with Gasteiger partial charge in [-0.1, -0.05) is 52.3 Å². The Morgan fingerprint density at radius 3 is 2.56 bits per heavy atom. The summed E-state index contributed by atoms with van der Waals surface area (Å²) in [4.78, 5) is 26.8. The van der Waals surface area contributed by atoms with E-state index in [1.807, 2.05) is 77.5 Å². The zero-order valence-electron chi connectivity index (χ0n) is 14.2. The molecule has 134 valence electrons. The molecule has 1 aliphatic heterocycles. The van der Waals surface area contributed by atoms with Gasteiger partial charge in [0.25, 0.3) is 11.1 Å². The third-order valence-electron chi connectivity index (χ3n) is 4.20. The largest absolute Gasteiger partial charge is 0.317 e. The number of amides is 2. The predicted octanol–water partition coefficient (Wildman–Crippen LogP) is 5.48. The van der Waals surface area contributed by atoms with Gasteiger partial charge in [0.2, 0.25) is 0 Å². The average molecular weight is 439 g/mol. The number of carbonyl (C=O) groups is 2. The highest BCUT2D eigenvalue weighted by Gasteiger charge is 2.35. The van der Waals surface area contributed by atoms with Gasteiger partial charge in [0, 0.05) is 22.1 Å². The van der Waals surface area contributed by atoms with Crippen LogP contribution in [0.1, 0.15) is 11.3 Å². The lowest BCUT2D eigenvalue weighted by Gasteiger charge is -2.12. The van der Waals surface area contributed by atoms with Gasteiger partial charge in [0.05, 0.1) is 11.4 Å². The fourth-order valence-electron chi connectivity index (χ4n) is 2.91. The number of imide groups is 1. The minimum atomic E-state index is -0.254. The second kappa shape index (κ2) is 7.58. The number of halogens is 1. The van der Waals surface area contributed by atoms with Crippen molar-refractivity contribution in [2.75, 3.05) is 0 Å². The molecular weight excluding hydrogens is 424 g/mol. The van der Waals surface area contributed by atoms with Crippen LogP contribution in [0.4, 0.5) is 4.79 Å². The van der Waals surface area contributed by atoms with Crippen LogP contribution in [0, 0.1) is 0 Å². The van der Waals surface area contributed by atoms with E-state index in [9.17, 15) is 9.59 Å². The molecule has 2 heterocycles. The number of thioether (sulfide) groups is 1. The standard InChI is InChI=1S/C21H15BrN2O2S/c22-16-8-4-9-17(12-16)23-11-5-10-18(23)13-19-20(25)24(21(26)27-19)14-15-6-2-1-3-7-15/h1-13H,14H2/b19-13-. The zero-order chi connectivity index (χ0) is 18.8. The van der Waals surface area contributed by atoms with Crippen LogP contribution < -0.4 is 0 Å². The maximum Gasteiger partial charge on any atom is 0.293 e. The first-order chi connectivity index (χ1) is 13.1. The van der Waals surface area contributed by atoms with Crippen LogP contribution in [-0.2, 0) is 11.3 Å². The van der Waals surface area contributed by atoms with E-state index in [1.165, 1.54) is 4.90 Å². The van der Waals surface area contributed by atoms with Crippen LogP contribution in [0.5, 0.6) is 0 Å². The molecule has 2 aromatic carbocycles. The molecule has 1 aliphatic rings. The van der Waals surface area contributed by atoms with Crippen LogP contribution in [0.2, 0.25) is 0 Å². The number of rotatable bonds is 4. The van der Waals surface area contributed by atoms with Crippen molar-refractivity contribution in [2.45, 2.75) is 6.54 Å². The van der Waals surface area contributed by atoms with Crippen molar-refractivity contribution < 1.29 is 9.59 Å². The Labute approximate surface area is 169 Å². The van der Waals surface area contributed by atoms with E-state index in [0.717, 1.165) is 33.2 Å². The number of carbonyl (C=O) groups excluding carboxylic acids is 2. The van der Waals surface area contributed by atoms with E-state index >= 15 is 0 Å². The molecule has 0 spiro atoms. The molecule has 0 bridgehead atoms. The Kier molecular flexibility index (Phi) is 5.01. The van der Waals surface area contributed by atoms with E-state index < -0.39 is 0 Å². The van der Waals surface area contributed by atoms with Crippen molar-refractivity contribution in [3.05, 3.63) is 93.6 Å². The summed E-state index contributed by atoms with van der Waals surface area (Å²) in [5.41, 5.74) is 2.75. The fraction of sp³-hybridized carbons (Fsp3) is 0.0476. The van der Waals surface area contributed by atoms with Gasteiger partial charge < -0.3 is 4.57 Å². The molecule has 1 fully saturated rings. The Morgan fingerprint density at radius 1 is 0.963 bits per heavy atom. The lowest BCUT2D eigenvalue weighted by atomic mass is 10.2. The molecule has 27 heavy (non-hydrogen) atoms. The third-order valence-corrected chi connectivity index (χ3v) is 5.60. The Morgan fingerprint density at radius 2 is 1.78 bits per heavy atom. The number of hydrogen-bond acceptors (Lipinski definition) is 3. The fourth-order valence-corrected chi connectivity index (χ4v) is 4.12. The Hall–Kier alpha value is -2.57. The van der Waals surface area contributed by atoms with Gasteiger partial charge in [-0.2, -0.15) is 0 Å². The minimum Gasteiger partial charge on any atom is -0.317 e. The number of aromatic nitrogens is 1. The van der Waals surface area contributed by atoms with Crippen molar-refractivity contribution in [3.8, 4) is 5.69 Å². The first-order valence-electron chi connectivity index (χ1n) is 8.34. The topological polar surface area (TPSA) is 42.3 Å². The second-order valence-electron chi connectivity index (χ2n) is 6.04. The van der Waals surface area contributed by atoms with Crippen LogP contribution in [0.3, 0.4) is 0 Å². The number of hydrogen-bond donors (Lipinski definition) is 0. The molecule has 0 unspecified atom stereocenters. The molecule has 1 aromatic heterocycles. The predicted molar refractivity (Wildman–Crippen MR) is 111 cm³/mol. The molecule has 0 N–H and O–H groups in total. The molecule has 3 aromatic rings. The maximum absolute atomic E-state index is 12.7. The van der Waals surface area contributed by atoms with E-state index in [0.29, 0.717) is 4.91 Å². The summed E-state index contributed by atoms with van der Waals surface area (Å²) in [6, 6.07) is 21.3. The number of nitrogens with zero attached hydrogens (tertiary/aromatic N) is 2. The van der Waals surface area contributed by atoms with Crippen molar-refractivity contribution in [1.82, 2.24) is 9.47 Å². The summed E-state index contributed by atoms with van der Waals surface area (Å²) < 4.78 is 2.96. The quantitative estimate of drug-likeness (QED) is 0.506. The van der Waals surface area contributed by atoms with Crippen LogP contribution >= 0.6 is 27.7 Å². The van der Waals surface area contributed by atoms with Crippen LogP contribution in [0.25, 0.3) is 11.8 Å². The smallest absolute Gasteiger partial charge is 0.293 e. The molecule has 0 saturated carbocycles. The molecular formula is C21H15BrN2O2S. The molecule has 0 aliphatic carbocycles. The second-order valence-corrected chi connectivity index (χ2v) is 7.95. The average Bonchev–Trinajstić information content (AvgIpc) is 3.23. The molecule has 1 saturated heterocycles. The van der Waals surface area contributed by atoms with Crippen LogP contribution in [0.15, 0.2) is 82.3 Å². The highest BCUT2D eigenvalue weighted by atomic mass is 79.9. The molecule has 4 nitrogen and oxygen atoms in total. The Bertz CT molecular complexity index is 1040. The van der Waals surface area contributed by atoms with Crippen LogP contribution in [-0.4, -0.2) is 20.6 Å². The lowest BCUT2D eigenvalue weighted by molar-refractivity contribution is -0.123. The number of benzene rings is 2. The minimum absolute atomic E-state index is 0.240. The van der Waals surface area contributed by atoms with Crippen molar-refractivity contribution >= 4 is 44.9 Å². The zero-order valence-corrected chi connectivity index (χ0v) is 16.6. The summed E-state index contributed by atoms with van der Waals surface area (Å²) in [5, 5.41) is -0.240. The summed E-state index contributed by atoms with van der Waals surface area (Å²) in [7, 11) is 0. The molecule has 2 amide bonds. The van der Waals surface area contributed by atoms with E-state index in [-0.39, 0.29) is 17.7 Å². The molecule has 0 atom stereocenters. The van der Waals surface area contributed by atoms with Gasteiger partial charge in [-0.25, -0.2) is 0 Å². The van der Waals surface area contributed by atoms with Gasteiger partial charge in [-0.3, -0.25) is 14.5 Å². The maximum atomic E-state index is 12.7. The normalized spacial score (nSPS) is 15.7. The van der Waals surface area contributed by atoms with Gasteiger partial charge in [-0.05, 0) is 53.7 Å². The third kappa shape index (κ3) is 3.77. The highest BCUT2D eigenvalue weighted by Crippen LogP contribution is 2.33. The Balaban J connectivity index is 1.62. The highest BCUT2D eigenvalue weighted by molar-refractivity contribution is 9.10. The SMILES string of the molecule is O=C1S/C(=C\c2cccn2-c2cccc(Br)c2)C(=O)N1Cc1ccccc1. The summed E-state index contributed by atoms with van der Waals surface area (Å²) in [6.45, 7) is 0.287. The van der Waals surface area contributed by atoms with Gasteiger partial charge in [0.1, 0.15) is 0 Å². The lowest BCUT2D eigenvalue weighted by Crippen LogP contribution is -2.27. The van der Waals surface area contributed by atoms with Crippen molar-refractivity contribution in [1.29, 1.82) is 0 Å². The van der Waals surface area contributed by atoms with Crippen molar-refractivity contribution in [2.24, 2.45) is 0 Å². The van der Waals surface area contributed by atoms with E-state index in [1.54, 1.807) is 6.08 Å². The molecule has 6 heteroatoms. The molecule has 0 radical (unpaired) electrons. The first-order valence-corrected chi connectivity index (χ1v) is 9.95. The van der Waals surface area contributed by atoms with Gasteiger partial charge in [-0.15, -0.1) is 0 Å². The van der Waals surface area contributed by atoms with Gasteiger partial charge >= 0.3 is 0 Å². The first kappa shape index (κ1) is 17.8. The monoisotopic (exact) mass is 438 g/mol. The van der Waals surface area contributed by atoms with Crippen molar-refractivity contribution in [3.63, 3.8) is 0 Å². The van der Waals surface area contributed by atoms with E-state index in [4.69, 9.17) is 0 Å². The summed E-state index contributed by atoms with van der Waals surface area (Å²) in [5.74, 6) is -0.254.